The smallest absolute Gasteiger partial charge is 0.239 e. The van der Waals surface area contributed by atoms with E-state index >= 15 is 0 Å². The highest BCUT2D eigenvalue weighted by atomic mass is 32.2. The van der Waals surface area contributed by atoms with Crippen molar-refractivity contribution in [3.63, 3.8) is 0 Å². The summed E-state index contributed by atoms with van der Waals surface area (Å²) < 4.78 is 0. The second-order valence-corrected chi connectivity index (χ2v) is 4.97. The molecule has 1 aliphatic rings. The summed E-state index contributed by atoms with van der Waals surface area (Å²) in [5.74, 6) is 0.236. The molecule has 80 valence electrons. The summed E-state index contributed by atoms with van der Waals surface area (Å²) in [6.07, 6.45) is 0. The van der Waals surface area contributed by atoms with Gasteiger partial charge in [0.2, 0.25) is 11.8 Å². The molecule has 14 heavy (non-hydrogen) atoms. The molecule has 0 saturated carbocycles. The van der Waals surface area contributed by atoms with Gasteiger partial charge in [-0.1, -0.05) is 0 Å². The Morgan fingerprint density at radius 3 is 2.14 bits per heavy atom. The molecule has 0 bridgehead atoms. The first-order valence-corrected chi connectivity index (χ1v) is 5.64. The Labute approximate surface area is 87.7 Å². The fourth-order valence-corrected chi connectivity index (χ4v) is 1.98. The fourth-order valence-electron chi connectivity index (χ4n) is 1.25. The van der Waals surface area contributed by atoms with E-state index in [4.69, 9.17) is 0 Å². The van der Waals surface area contributed by atoms with Gasteiger partial charge in [-0.25, -0.2) is 0 Å². The van der Waals surface area contributed by atoms with Crippen LogP contribution in [0.2, 0.25) is 0 Å². The van der Waals surface area contributed by atoms with Gasteiger partial charge in [0.25, 0.3) is 0 Å². The Morgan fingerprint density at radius 2 is 1.79 bits per heavy atom. The molecule has 1 unspecified atom stereocenters. The summed E-state index contributed by atoms with van der Waals surface area (Å²) in [5, 5.41) is 9.72. The number of imide groups is 1. The quantitative estimate of drug-likeness (QED) is 0.674. The van der Waals surface area contributed by atoms with Crippen LogP contribution in [0.25, 0.3) is 0 Å². The van der Waals surface area contributed by atoms with Crippen LogP contribution in [0, 0.1) is 0 Å². The van der Waals surface area contributed by atoms with Gasteiger partial charge in [-0.3, -0.25) is 14.5 Å². The average molecular weight is 217 g/mol. The molecule has 1 N–H and O–H groups in total. The van der Waals surface area contributed by atoms with Crippen molar-refractivity contribution in [2.24, 2.45) is 0 Å². The summed E-state index contributed by atoms with van der Waals surface area (Å²) in [7, 11) is 0. The molecule has 2 amide bonds. The normalized spacial score (nSPS) is 21.3. The number of amides is 2. The van der Waals surface area contributed by atoms with Gasteiger partial charge in [0, 0.05) is 0 Å². The van der Waals surface area contributed by atoms with Crippen LogP contribution >= 0.6 is 11.8 Å². The monoisotopic (exact) mass is 217 g/mol. The van der Waals surface area contributed by atoms with Crippen LogP contribution in [-0.2, 0) is 9.59 Å². The molecule has 1 heterocycles. The highest BCUT2D eigenvalue weighted by Gasteiger charge is 2.37. The highest BCUT2D eigenvalue weighted by molar-refractivity contribution is 8.00. The number of thioether (sulfide) groups is 1. The molecule has 0 aromatic rings. The molecule has 0 radical (unpaired) electrons. The van der Waals surface area contributed by atoms with Crippen LogP contribution in [0.15, 0.2) is 0 Å². The van der Waals surface area contributed by atoms with E-state index in [1.54, 1.807) is 20.8 Å². The summed E-state index contributed by atoms with van der Waals surface area (Å²) in [4.78, 5) is 24.1. The van der Waals surface area contributed by atoms with Crippen molar-refractivity contribution in [3.8, 4) is 0 Å². The van der Waals surface area contributed by atoms with Crippen LogP contribution in [-0.4, -0.2) is 45.0 Å². The maximum Gasteiger partial charge on any atom is 0.239 e. The van der Waals surface area contributed by atoms with E-state index in [9.17, 15) is 14.7 Å². The number of hydrogen-bond donors (Lipinski definition) is 1. The van der Waals surface area contributed by atoms with E-state index in [-0.39, 0.29) is 11.8 Å². The molecule has 5 heteroatoms. The van der Waals surface area contributed by atoms with Gasteiger partial charge in [0.1, 0.15) is 0 Å². The lowest BCUT2D eigenvalue weighted by Crippen LogP contribution is -2.55. The molecule has 1 aliphatic heterocycles. The lowest BCUT2D eigenvalue weighted by molar-refractivity contribution is -0.150. The number of nitrogens with zero attached hydrogens (tertiary/aromatic N) is 1. The number of aliphatic hydroxyl groups is 1. The van der Waals surface area contributed by atoms with Gasteiger partial charge >= 0.3 is 0 Å². The largest absolute Gasteiger partial charge is 0.388 e. The fraction of sp³-hybridized carbons (Fsp3) is 0.778. The van der Waals surface area contributed by atoms with Gasteiger partial charge in [-0.15, -0.1) is 11.8 Å². The summed E-state index contributed by atoms with van der Waals surface area (Å²) in [6, 6.07) is -0.469. The minimum atomic E-state index is -1.05. The number of rotatable bonds is 2. The van der Waals surface area contributed by atoms with Crippen molar-refractivity contribution >= 4 is 23.6 Å². The van der Waals surface area contributed by atoms with Crippen LogP contribution in [0.1, 0.15) is 20.8 Å². The first-order valence-electron chi connectivity index (χ1n) is 4.49. The zero-order chi connectivity index (χ0) is 10.9. The third-order valence-corrected chi connectivity index (χ3v) is 3.30. The van der Waals surface area contributed by atoms with Crippen molar-refractivity contribution in [1.82, 2.24) is 4.90 Å². The van der Waals surface area contributed by atoms with Gasteiger partial charge in [-0.2, -0.15) is 0 Å². The van der Waals surface area contributed by atoms with Gasteiger partial charge in [0.15, 0.2) is 0 Å². The van der Waals surface area contributed by atoms with E-state index in [1.807, 2.05) is 0 Å². The Bertz CT molecular complexity index is 243. The summed E-state index contributed by atoms with van der Waals surface area (Å²) in [5.41, 5.74) is -1.05. The van der Waals surface area contributed by atoms with Crippen molar-refractivity contribution in [1.29, 1.82) is 0 Å². The lowest BCUT2D eigenvalue weighted by atomic mass is 9.99. The van der Waals surface area contributed by atoms with Crippen LogP contribution in [0.3, 0.4) is 0 Å². The average Bonchev–Trinajstić information content (AvgIpc) is 2.01. The Hall–Kier alpha value is -0.550. The van der Waals surface area contributed by atoms with E-state index in [0.29, 0.717) is 11.5 Å². The van der Waals surface area contributed by atoms with Crippen LogP contribution in [0.5, 0.6) is 0 Å². The van der Waals surface area contributed by atoms with Crippen molar-refractivity contribution in [3.05, 3.63) is 0 Å². The third-order valence-electron chi connectivity index (χ3n) is 2.40. The SMILES string of the molecule is CC(N1C(=O)CSCC1=O)C(C)(C)O. The Kier molecular flexibility index (Phi) is 3.21. The number of hydrogen-bond acceptors (Lipinski definition) is 4. The molecular formula is C9H15NO3S. The van der Waals surface area contributed by atoms with Crippen molar-refractivity contribution < 1.29 is 14.7 Å². The Balaban J connectivity index is 2.83. The second-order valence-electron chi connectivity index (χ2n) is 3.98. The highest BCUT2D eigenvalue weighted by Crippen LogP contribution is 2.21. The number of carbonyl (C=O) groups excluding carboxylic acids is 2. The van der Waals surface area contributed by atoms with Gasteiger partial charge in [-0.05, 0) is 20.8 Å². The maximum absolute atomic E-state index is 11.5. The van der Waals surface area contributed by atoms with Crippen LogP contribution in [0.4, 0.5) is 0 Å². The molecule has 0 aromatic carbocycles. The van der Waals surface area contributed by atoms with E-state index in [1.165, 1.54) is 16.7 Å². The lowest BCUT2D eigenvalue weighted by Gasteiger charge is -2.37. The first kappa shape index (κ1) is 11.5. The van der Waals surface area contributed by atoms with E-state index in [0.717, 1.165) is 0 Å². The number of carbonyl (C=O) groups is 2. The van der Waals surface area contributed by atoms with Gasteiger partial charge in [0.05, 0.1) is 23.1 Å². The predicted molar refractivity (Wildman–Crippen MR) is 54.9 cm³/mol. The topological polar surface area (TPSA) is 57.6 Å². The van der Waals surface area contributed by atoms with E-state index in [2.05, 4.69) is 0 Å². The minimum absolute atomic E-state index is 0.208. The second kappa shape index (κ2) is 3.90. The maximum atomic E-state index is 11.5. The predicted octanol–water partition coefficient (Wildman–Crippen LogP) is 0.248. The first-order chi connectivity index (χ1) is 6.34. The zero-order valence-corrected chi connectivity index (χ0v) is 9.43. The molecule has 4 nitrogen and oxygen atoms in total. The molecule has 1 saturated heterocycles. The standard InChI is InChI=1S/C9H15NO3S/c1-6(9(2,3)13)10-7(11)4-14-5-8(10)12/h6,13H,4-5H2,1-3H3. The van der Waals surface area contributed by atoms with Gasteiger partial charge < -0.3 is 5.11 Å². The molecule has 0 spiro atoms. The molecule has 1 rings (SSSR count). The molecule has 1 atom stereocenters. The third kappa shape index (κ3) is 2.27. The van der Waals surface area contributed by atoms with Crippen molar-refractivity contribution in [2.75, 3.05) is 11.5 Å². The zero-order valence-electron chi connectivity index (χ0n) is 8.61. The molecule has 1 fully saturated rings. The van der Waals surface area contributed by atoms with E-state index < -0.39 is 11.6 Å². The Morgan fingerprint density at radius 1 is 1.36 bits per heavy atom. The molecule has 0 aromatic heterocycles. The molecule has 0 aliphatic carbocycles. The summed E-state index contributed by atoms with van der Waals surface area (Å²) in [6.45, 7) is 4.88. The van der Waals surface area contributed by atoms with Crippen molar-refractivity contribution in [2.45, 2.75) is 32.4 Å². The molecular weight excluding hydrogens is 202 g/mol. The van der Waals surface area contributed by atoms with Crippen LogP contribution < -0.4 is 0 Å². The summed E-state index contributed by atoms with van der Waals surface area (Å²) >= 11 is 1.32. The minimum Gasteiger partial charge on any atom is -0.388 e.